The maximum atomic E-state index is 12.2. The van der Waals surface area contributed by atoms with Gasteiger partial charge in [-0.3, -0.25) is 14.9 Å². The Labute approximate surface area is 118 Å². The lowest BCUT2D eigenvalue weighted by Gasteiger charge is -2.29. The molecule has 1 N–H and O–H groups in total. The maximum absolute atomic E-state index is 12.2. The molecule has 0 aromatic rings. The molecule has 2 saturated heterocycles. The predicted octanol–water partition coefficient (Wildman–Crippen LogP) is -0.188. The predicted molar refractivity (Wildman–Crippen MR) is 70.9 cm³/mol. The lowest BCUT2D eigenvalue weighted by molar-refractivity contribution is -0.133. The number of rotatable bonds is 4. The molecule has 0 aromatic carbocycles. The molecule has 1 atom stereocenters. The molecule has 0 aliphatic carbocycles. The zero-order valence-electron chi connectivity index (χ0n) is 12.1. The highest BCUT2D eigenvalue weighted by atomic mass is 16.5. The van der Waals surface area contributed by atoms with Gasteiger partial charge < -0.3 is 14.5 Å². The Kier molecular flexibility index (Phi) is 3.99. The summed E-state index contributed by atoms with van der Waals surface area (Å²) in [4.78, 5) is 38.4. The summed E-state index contributed by atoms with van der Waals surface area (Å²) in [6.07, 6.45) is 0.950. The largest absolute Gasteiger partial charge is 0.381 e. The number of carbonyl (C=O) groups is 3. The molecule has 2 heterocycles. The van der Waals surface area contributed by atoms with Crippen molar-refractivity contribution in [3.63, 3.8) is 0 Å². The smallest absolute Gasteiger partial charge is 0.325 e. The normalized spacial score (nSPS) is 24.9. The van der Waals surface area contributed by atoms with E-state index in [1.807, 2.05) is 0 Å². The van der Waals surface area contributed by atoms with Crippen molar-refractivity contribution in [2.45, 2.75) is 25.8 Å². The molecule has 20 heavy (non-hydrogen) atoms. The lowest BCUT2D eigenvalue weighted by Crippen LogP contribution is -2.49. The summed E-state index contributed by atoms with van der Waals surface area (Å²) in [6.45, 7) is 5.20. The monoisotopic (exact) mass is 283 g/mol. The average molecular weight is 283 g/mol. The van der Waals surface area contributed by atoms with Crippen LogP contribution in [0.25, 0.3) is 0 Å². The number of nitrogens with one attached hydrogen (secondary N) is 1. The second kappa shape index (κ2) is 5.40. The molecule has 2 fully saturated rings. The Hall–Kier alpha value is -1.63. The van der Waals surface area contributed by atoms with Crippen molar-refractivity contribution in [1.82, 2.24) is 15.1 Å². The van der Waals surface area contributed by atoms with E-state index < -0.39 is 11.6 Å². The van der Waals surface area contributed by atoms with E-state index in [1.54, 1.807) is 25.8 Å². The summed E-state index contributed by atoms with van der Waals surface area (Å²) in [7, 11) is 1.71. The van der Waals surface area contributed by atoms with Crippen molar-refractivity contribution in [2.24, 2.45) is 5.92 Å². The Morgan fingerprint density at radius 2 is 2.20 bits per heavy atom. The van der Waals surface area contributed by atoms with E-state index >= 15 is 0 Å². The highest BCUT2D eigenvalue weighted by Crippen LogP contribution is 2.21. The first-order valence-corrected chi connectivity index (χ1v) is 6.77. The van der Waals surface area contributed by atoms with Gasteiger partial charge >= 0.3 is 6.03 Å². The standard InChI is InChI=1S/C13H21N3O4/c1-13(2)11(18)14-12(19)16(13)7-10(17)15(3)6-9-4-5-20-8-9/h9H,4-8H2,1-3H3,(H,14,18,19)/t9-/m1/s1. The van der Waals surface area contributed by atoms with Crippen LogP contribution in [-0.2, 0) is 14.3 Å². The quantitative estimate of drug-likeness (QED) is 0.725. The van der Waals surface area contributed by atoms with Crippen LogP contribution in [0, 0.1) is 5.92 Å². The van der Waals surface area contributed by atoms with Crippen LogP contribution in [0.3, 0.4) is 0 Å². The van der Waals surface area contributed by atoms with Crippen molar-refractivity contribution in [2.75, 3.05) is 33.4 Å². The summed E-state index contributed by atoms with van der Waals surface area (Å²) < 4.78 is 5.28. The fourth-order valence-electron chi connectivity index (χ4n) is 2.44. The molecule has 2 aliphatic heterocycles. The molecule has 0 bridgehead atoms. The topological polar surface area (TPSA) is 79.0 Å². The number of carbonyl (C=O) groups excluding carboxylic acids is 3. The number of ether oxygens (including phenoxy) is 1. The summed E-state index contributed by atoms with van der Waals surface area (Å²) in [6, 6.07) is -0.508. The van der Waals surface area contributed by atoms with Crippen LogP contribution in [0.5, 0.6) is 0 Å². The fourth-order valence-corrected chi connectivity index (χ4v) is 2.44. The third-order valence-electron chi connectivity index (χ3n) is 3.97. The second-order valence-corrected chi connectivity index (χ2v) is 5.91. The summed E-state index contributed by atoms with van der Waals surface area (Å²) >= 11 is 0. The van der Waals surface area contributed by atoms with Crippen LogP contribution in [0.1, 0.15) is 20.3 Å². The molecule has 0 unspecified atom stereocenters. The fraction of sp³-hybridized carbons (Fsp3) is 0.769. The molecule has 0 radical (unpaired) electrons. The van der Waals surface area contributed by atoms with Crippen LogP contribution in [0.2, 0.25) is 0 Å². The van der Waals surface area contributed by atoms with Gasteiger partial charge in [-0.15, -0.1) is 0 Å². The number of amides is 4. The van der Waals surface area contributed by atoms with E-state index in [0.717, 1.165) is 13.0 Å². The van der Waals surface area contributed by atoms with E-state index in [2.05, 4.69) is 5.32 Å². The first kappa shape index (κ1) is 14.8. The van der Waals surface area contributed by atoms with E-state index in [4.69, 9.17) is 4.74 Å². The van der Waals surface area contributed by atoms with Gasteiger partial charge in [-0.25, -0.2) is 4.79 Å². The number of likely N-dealkylation sites (N-methyl/N-ethyl adjacent to an activating group) is 1. The molecule has 7 nitrogen and oxygen atoms in total. The third kappa shape index (κ3) is 2.77. The molecule has 4 amide bonds. The Morgan fingerprint density at radius 3 is 2.70 bits per heavy atom. The second-order valence-electron chi connectivity index (χ2n) is 5.91. The van der Waals surface area contributed by atoms with Gasteiger partial charge in [-0.05, 0) is 20.3 Å². The Morgan fingerprint density at radius 1 is 1.50 bits per heavy atom. The zero-order chi connectivity index (χ0) is 14.9. The van der Waals surface area contributed by atoms with Crippen LogP contribution in [-0.4, -0.2) is 66.5 Å². The maximum Gasteiger partial charge on any atom is 0.325 e. The van der Waals surface area contributed by atoms with Crippen LogP contribution < -0.4 is 5.32 Å². The van der Waals surface area contributed by atoms with Gasteiger partial charge in [0.2, 0.25) is 5.91 Å². The number of imide groups is 1. The van der Waals surface area contributed by atoms with E-state index in [1.165, 1.54) is 4.90 Å². The lowest BCUT2D eigenvalue weighted by atomic mass is 10.0. The molecule has 0 spiro atoms. The average Bonchev–Trinajstić information content (AvgIpc) is 2.92. The molecule has 0 saturated carbocycles. The molecule has 0 aromatic heterocycles. The minimum absolute atomic E-state index is 0.0886. The highest BCUT2D eigenvalue weighted by Gasteiger charge is 2.46. The molecule has 7 heteroatoms. The van der Waals surface area contributed by atoms with E-state index in [-0.39, 0.29) is 18.4 Å². The zero-order valence-corrected chi connectivity index (χ0v) is 12.1. The summed E-state index contributed by atoms with van der Waals surface area (Å²) in [5.41, 5.74) is -0.982. The summed E-state index contributed by atoms with van der Waals surface area (Å²) in [5, 5.41) is 2.23. The number of hydrogen-bond donors (Lipinski definition) is 1. The first-order chi connectivity index (χ1) is 9.32. The molecule has 2 aliphatic rings. The van der Waals surface area contributed by atoms with Crippen LogP contribution >= 0.6 is 0 Å². The Balaban J connectivity index is 1.93. The minimum atomic E-state index is -0.982. The molecular weight excluding hydrogens is 262 g/mol. The van der Waals surface area contributed by atoms with E-state index in [9.17, 15) is 14.4 Å². The van der Waals surface area contributed by atoms with Gasteiger partial charge in [-0.1, -0.05) is 0 Å². The van der Waals surface area contributed by atoms with Crippen LogP contribution in [0.15, 0.2) is 0 Å². The minimum Gasteiger partial charge on any atom is -0.381 e. The van der Waals surface area contributed by atoms with Crippen molar-refractivity contribution in [3.05, 3.63) is 0 Å². The van der Waals surface area contributed by atoms with Gasteiger partial charge in [0.05, 0.1) is 6.61 Å². The molecular formula is C13H21N3O4. The summed E-state index contributed by atoms with van der Waals surface area (Å²) in [5.74, 6) is -0.192. The van der Waals surface area contributed by atoms with Gasteiger partial charge in [0.15, 0.2) is 0 Å². The highest BCUT2D eigenvalue weighted by molar-refractivity contribution is 6.07. The van der Waals surface area contributed by atoms with Crippen molar-refractivity contribution in [3.8, 4) is 0 Å². The third-order valence-corrected chi connectivity index (χ3v) is 3.97. The SMILES string of the molecule is CN(C[C@H]1CCOC1)C(=O)CN1C(=O)NC(=O)C1(C)C. The molecule has 112 valence electrons. The van der Waals surface area contributed by atoms with Crippen LogP contribution in [0.4, 0.5) is 4.79 Å². The Bertz CT molecular complexity index is 429. The van der Waals surface area contributed by atoms with Crippen molar-refractivity contribution < 1.29 is 19.1 Å². The van der Waals surface area contributed by atoms with Gasteiger partial charge in [0.25, 0.3) is 5.91 Å². The van der Waals surface area contributed by atoms with Crippen molar-refractivity contribution in [1.29, 1.82) is 0 Å². The van der Waals surface area contributed by atoms with Gasteiger partial charge in [-0.2, -0.15) is 0 Å². The van der Waals surface area contributed by atoms with Gasteiger partial charge in [0, 0.05) is 26.1 Å². The number of nitrogens with zero attached hydrogens (tertiary/aromatic N) is 2. The number of urea groups is 1. The van der Waals surface area contributed by atoms with E-state index in [0.29, 0.717) is 19.1 Å². The first-order valence-electron chi connectivity index (χ1n) is 6.77. The van der Waals surface area contributed by atoms with Gasteiger partial charge in [0.1, 0.15) is 12.1 Å². The molecule has 2 rings (SSSR count). The van der Waals surface area contributed by atoms with Crippen molar-refractivity contribution >= 4 is 17.8 Å². The number of hydrogen-bond acceptors (Lipinski definition) is 4.